The summed E-state index contributed by atoms with van der Waals surface area (Å²) in [4.78, 5) is 13.9. The first-order chi connectivity index (χ1) is 12.0. The molecule has 2 aromatic carbocycles. The van der Waals surface area contributed by atoms with E-state index in [0.717, 1.165) is 27.8 Å². The van der Waals surface area contributed by atoms with Crippen LogP contribution in [0.4, 0.5) is 0 Å². The van der Waals surface area contributed by atoms with Crippen LogP contribution < -0.4 is 10.5 Å². The average Bonchev–Trinajstić information content (AvgIpc) is 3.00. The van der Waals surface area contributed by atoms with Gasteiger partial charge in [-0.1, -0.05) is 24.3 Å². The number of nitrogens with two attached hydrogens (primary N) is 1. The molecule has 0 aliphatic heterocycles. The lowest BCUT2D eigenvalue weighted by molar-refractivity contribution is -0.136. The summed E-state index contributed by atoms with van der Waals surface area (Å²) in [6.45, 7) is 0.401. The van der Waals surface area contributed by atoms with E-state index in [0.29, 0.717) is 18.6 Å². The number of hydrogen-bond acceptors (Lipinski definition) is 3. The van der Waals surface area contributed by atoms with Crippen LogP contribution in [0.5, 0.6) is 5.75 Å². The SMILES string of the molecule is N=C(N)c1ccc(COc2ccc3[nH]cc(CCC(=O)O)c3c2)cc1. The molecule has 6 heteroatoms. The molecule has 0 radical (unpaired) electrons. The zero-order chi connectivity index (χ0) is 17.8. The highest BCUT2D eigenvalue weighted by molar-refractivity contribution is 5.94. The molecular formula is C19H19N3O3. The molecular weight excluding hydrogens is 318 g/mol. The zero-order valence-corrected chi connectivity index (χ0v) is 13.6. The molecule has 0 saturated heterocycles. The summed E-state index contributed by atoms with van der Waals surface area (Å²) in [7, 11) is 0. The van der Waals surface area contributed by atoms with E-state index in [1.807, 2.05) is 36.5 Å². The minimum atomic E-state index is -0.809. The Morgan fingerprint density at radius 2 is 1.96 bits per heavy atom. The van der Waals surface area contributed by atoms with Crippen LogP contribution in [0.25, 0.3) is 10.9 Å². The highest BCUT2D eigenvalue weighted by Gasteiger charge is 2.08. The third kappa shape index (κ3) is 3.98. The molecule has 0 unspecified atom stereocenters. The van der Waals surface area contributed by atoms with Gasteiger partial charge in [0.1, 0.15) is 18.2 Å². The quantitative estimate of drug-likeness (QED) is 0.392. The first-order valence-electron chi connectivity index (χ1n) is 7.91. The molecule has 0 fully saturated rings. The summed E-state index contributed by atoms with van der Waals surface area (Å²) in [5, 5.41) is 17.2. The molecule has 1 heterocycles. The average molecular weight is 337 g/mol. The highest BCUT2D eigenvalue weighted by atomic mass is 16.5. The lowest BCUT2D eigenvalue weighted by Crippen LogP contribution is -2.10. The number of nitrogen functional groups attached to an aromatic ring is 1. The van der Waals surface area contributed by atoms with Crippen molar-refractivity contribution in [3.8, 4) is 5.75 Å². The zero-order valence-electron chi connectivity index (χ0n) is 13.6. The van der Waals surface area contributed by atoms with Gasteiger partial charge in [0.05, 0.1) is 0 Å². The van der Waals surface area contributed by atoms with Gasteiger partial charge in [-0.3, -0.25) is 10.2 Å². The van der Waals surface area contributed by atoms with Gasteiger partial charge in [0.15, 0.2) is 0 Å². The van der Waals surface area contributed by atoms with Gasteiger partial charge in [-0.05, 0) is 35.7 Å². The summed E-state index contributed by atoms with van der Waals surface area (Å²) >= 11 is 0. The lowest BCUT2D eigenvalue weighted by atomic mass is 10.1. The fourth-order valence-corrected chi connectivity index (χ4v) is 2.64. The number of aliphatic carboxylic acids is 1. The third-order valence-electron chi connectivity index (χ3n) is 4.02. The van der Waals surface area contributed by atoms with Crippen LogP contribution >= 0.6 is 0 Å². The second-order valence-corrected chi connectivity index (χ2v) is 5.81. The van der Waals surface area contributed by atoms with E-state index >= 15 is 0 Å². The summed E-state index contributed by atoms with van der Waals surface area (Å²) in [6.07, 6.45) is 2.42. The molecule has 0 saturated carbocycles. The summed E-state index contributed by atoms with van der Waals surface area (Å²) < 4.78 is 5.84. The number of hydrogen-bond donors (Lipinski definition) is 4. The monoisotopic (exact) mass is 337 g/mol. The van der Waals surface area contributed by atoms with Crippen LogP contribution in [0, 0.1) is 5.41 Å². The molecule has 0 atom stereocenters. The van der Waals surface area contributed by atoms with Gasteiger partial charge in [0.25, 0.3) is 0 Å². The van der Waals surface area contributed by atoms with E-state index in [1.165, 1.54) is 0 Å². The van der Waals surface area contributed by atoms with Gasteiger partial charge in [0, 0.05) is 29.1 Å². The molecule has 6 nitrogen and oxygen atoms in total. The van der Waals surface area contributed by atoms with Gasteiger partial charge >= 0.3 is 5.97 Å². The smallest absolute Gasteiger partial charge is 0.303 e. The number of carboxylic acid groups (broad SMARTS) is 1. The standard InChI is InChI=1S/C19H19N3O3/c20-19(21)13-3-1-12(2-4-13)11-25-15-6-7-17-16(9-15)14(10-22-17)5-8-18(23)24/h1-4,6-7,9-10,22H,5,8,11H2,(H3,20,21)(H,23,24). The predicted molar refractivity (Wildman–Crippen MR) is 96.0 cm³/mol. The van der Waals surface area contributed by atoms with Crippen LogP contribution in [0.1, 0.15) is 23.1 Å². The van der Waals surface area contributed by atoms with E-state index in [2.05, 4.69) is 4.98 Å². The van der Waals surface area contributed by atoms with Crippen molar-refractivity contribution in [1.29, 1.82) is 5.41 Å². The lowest BCUT2D eigenvalue weighted by Gasteiger charge is -2.08. The summed E-state index contributed by atoms with van der Waals surface area (Å²) in [5.74, 6) is -0.0469. The number of carboxylic acids is 1. The van der Waals surface area contributed by atoms with Crippen molar-refractivity contribution in [1.82, 2.24) is 4.98 Å². The summed E-state index contributed by atoms with van der Waals surface area (Å²) in [6, 6.07) is 13.1. The molecule has 0 aliphatic carbocycles. The maximum atomic E-state index is 10.8. The van der Waals surface area contributed by atoms with Crippen molar-refractivity contribution in [3.63, 3.8) is 0 Å². The number of ether oxygens (including phenoxy) is 1. The van der Waals surface area contributed by atoms with E-state index in [1.54, 1.807) is 12.1 Å². The Hall–Kier alpha value is -3.28. The molecule has 5 N–H and O–H groups in total. The van der Waals surface area contributed by atoms with Crippen molar-refractivity contribution in [2.75, 3.05) is 0 Å². The summed E-state index contributed by atoms with van der Waals surface area (Å²) in [5.41, 5.74) is 9.02. The third-order valence-corrected chi connectivity index (χ3v) is 4.02. The Kier molecular flexibility index (Phi) is 4.70. The molecule has 25 heavy (non-hydrogen) atoms. The van der Waals surface area contributed by atoms with Crippen molar-refractivity contribution in [2.24, 2.45) is 5.73 Å². The van der Waals surface area contributed by atoms with Crippen molar-refractivity contribution < 1.29 is 14.6 Å². The number of fused-ring (bicyclic) bond motifs is 1. The Morgan fingerprint density at radius 3 is 2.64 bits per heavy atom. The van der Waals surface area contributed by atoms with E-state index < -0.39 is 5.97 Å². The molecule has 1 aromatic heterocycles. The first kappa shape index (κ1) is 16.6. The number of rotatable bonds is 7. The van der Waals surface area contributed by atoms with Crippen molar-refractivity contribution >= 4 is 22.7 Å². The van der Waals surface area contributed by atoms with E-state index in [9.17, 15) is 4.79 Å². The fraction of sp³-hybridized carbons (Fsp3) is 0.158. The molecule has 3 aromatic rings. The van der Waals surface area contributed by atoms with Gasteiger partial charge in [-0.25, -0.2) is 0 Å². The van der Waals surface area contributed by atoms with Gasteiger partial charge < -0.3 is 20.6 Å². The van der Waals surface area contributed by atoms with Crippen molar-refractivity contribution in [3.05, 3.63) is 65.4 Å². The van der Waals surface area contributed by atoms with Gasteiger partial charge in [0.2, 0.25) is 0 Å². The van der Waals surface area contributed by atoms with E-state index in [4.69, 9.17) is 21.0 Å². The second kappa shape index (κ2) is 7.09. The van der Waals surface area contributed by atoms with Crippen LogP contribution in [0.3, 0.4) is 0 Å². The van der Waals surface area contributed by atoms with Gasteiger partial charge in [-0.2, -0.15) is 0 Å². The van der Waals surface area contributed by atoms with Crippen LogP contribution in [-0.2, 0) is 17.8 Å². The number of H-pyrrole nitrogens is 1. The second-order valence-electron chi connectivity index (χ2n) is 5.81. The first-order valence-corrected chi connectivity index (χ1v) is 7.91. The minimum Gasteiger partial charge on any atom is -0.489 e. The molecule has 3 rings (SSSR count). The van der Waals surface area contributed by atoms with Crippen LogP contribution in [0.15, 0.2) is 48.7 Å². The molecule has 0 amide bonds. The molecule has 0 bridgehead atoms. The number of nitrogens with one attached hydrogen (secondary N) is 2. The number of aromatic amines is 1. The normalized spacial score (nSPS) is 10.7. The van der Waals surface area contributed by atoms with Crippen molar-refractivity contribution in [2.45, 2.75) is 19.4 Å². The Labute approximate surface area is 144 Å². The Morgan fingerprint density at radius 1 is 1.20 bits per heavy atom. The number of benzene rings is 2. The fourth-order valence-electron chi connectivity index (χ4n) is 2.64. The van der Waals surface area contributed by atoms with Gasteiger partial charge in [-0.15, -0.1) is 0 Å². The number of aromatic nitrogens is 1. The molecule has 0 spiro atoms. The topological polar surface area (TPSA) is 112 Å². The molecule has 0 aliphatic rings. The van der Waals surface area contributed by atoms with Crippen LogP contribution in [-0.4, -0.2) is 21.9 Å². The predicted octanol–water partition coefficient (Wildman–Crippen LogP) is 3.05. The number of amidine groups is 1. The maximum Gasteiger partial charge on any atom is 0.303 e. The van der Waals surface area contributed by atoms with E-state index in [-0.39, 0.29) is 12.3 Å². The molecule has 128 valence electrons. The minimum absolute atomic E-state index is 0.0410. The Bertz CT molecular complexity index is 913. The Balaban J connectivity index is 1.71. The number of aryl methyl sites for hydroxylation is 1. The van der Waals surface area contributed by atoms with Crippen LogP contribution in [0.2, 0.25) is 0 Å². The largest absolute Gasteiger partial charge is 0.489 e. The maximum absolute atomic E-state index is 10.8. The number of carbonyl (C=O) groups is 1. The highest BCUT2D eigenvalue weighted by Crippen LogP contribution is 2.25.